The Morgan fingerprint density at radius 1 is 1.16 bits per heavy atom. The third-order valence-corrected chi connectivity index (χ3v) is 4.93. The molecular weight excluding hydrogens is 540 g/mol. The topological polar surface area (TPSA) is 75.2 Å². The van der Waals surface area contributed by atoms with Crippen molar-refractivity contribution < 1.29 is 27.4 Å². The van der Waals surface area contributed by atoms with E-state index in [1.54, 1.807) is 14.2 Å². The average molecular weight is 572 g/mol. The van der Waals surface area contributed by atoms with Crippen molar-refractivity contribution in [1.29, 1.82) is 0 Å². The molecule has 7 nitrogen and oxygen atoms in total. The minimum absolute atomic E-state index is 0. The highest BCUT2D eigenvalue weighted by atomic mass is 127. The van der Waals surface area contributed by atoms with Crippen LogP contribution in [0.25, 0.3) is 0 Å². The van der Waals surface area contributed by atoms with Crippen molar-refractivity contribution in [3.8, 4) is 11.5 Å². The molecule has 0 bridgehead atoms. The summed E-state index contributed by atoms with van der Waals surface area (Å²) in [5.41, 5.74) is 2.19. The maximum atomic E-state index is 12.6. The fourth-order valence-electron chi connectivity index (χ4n) is 3.34. The van der Waals surface area contributed by atoms with Crippen molar-refractivity contribution in [2.75, 3.05) is 40.4 Å². The van der Waals surface area contributed by atoms with Gasteiger partial charge in [0.15, 0.2) is 17.5 Å². The number of methoxy groups -OCH3 is 2. The van der Waals surface area contributed by atoms with Gasteiger partial charge in [-0.1, -0.05) is 0 Å². The van der Waals surface area contributed by atoms with Crippen LogP contribution in [0.3, 0.4) is 0 Å². The van der Waals surface area contributed by atoms with Gasteiger partial charge in [-0.15, -0.1) is 24.0 Å². The first kappa shape index (κ1) is 28.1. The largest absolute Gasteiger partial charge is 0.493 e. The highest BCUT2D eigenvalue weighted by Crippen LogP contribution is 2.33. The van der Waals surface area contributed by atoms with E-state index >= 15 is 0 Å². The van der Waals surface area contributed by atoms with Crippen LogP contribution in [0.5, 0.6) is 11.5 Å². The van der Waals surface area contributed by atoms with Gasteiger partial charge in [-0.25, -0.2) is 0 Å². The molecule has 11 heteroatoms. The average Bonchev–Trinajstić information content (AvgIpc) is 2.74. The predicted octanol–water partition coefficient (Wildman–Crippen LogP) is 3.49. The normalized spacial score (nSPS) is 13.7. The number of amides is 1. The first-order valence-corrected chi connectivity index (χ1v) is 10.4. The number of rotatable bonds is 9. The zero-order chi connectivity index (χ0) is 22.9. The van der Waals surface area contributed by atoms with E-state index in [4.69, 9.17) is 9.47 Å². The van der Waals surface area contributed by atoms with E-state index in [2.05, 4.69) is 15.6 Å². The van der Waals surface area contributed by atoms with E-state index in [0.717, 1.165) is 17.5 Å². The lowest BCUT2D eigenvalue weighted by molar-refractivity contribution is -0.133. The van der Waals surface area contributed by atoms with Gasteiger partial charge in [0.1, 0.15) is 0 Å². The number of aliphatic imine (C=N–C) groups is 1. The van der Waals surface area contributed by atoms with Crippen molar-refractivity contribution in [2.24, 2.45) is 4.99 Å². The highest BCUT2D eigenvalue weighted by Gasteiger charge is 2.26. The van der Waals surface area contributed by atoms with E-state index < -0.39 is 12.6 Å². The smallest absolute Gasteiger partial charge is 0.390 e. The number of alkyl halides is 3. The van der Waals surface area contributed by atoms with E-state index in [-0.39, 0.29) is 36.4 Å². The molecule has 1 aromatic rings. The molecule has 1 aromatic carbocycles. The maximum absolute atomic E-state index is 12.6. The molecule has 0 atom stereocenters. The number of nitrogens with one attached hydrogen (secondary N) is 2. The third kappa shape index (κ3) is 8.91. The van der Waals surface area contributed by atoms with Gasteiger partial charge in [0.25, 0.3) is 0 Å². The van der Waals surface area contributed by atoms with Crippen molar-refractivity contribution in [2.45, 2.75) is 45.3 Å². The Labute approximate surface area is 204 Å². The molecule has 2 N–H and O–H groups in total. The molecule has 0 saturated heterocycles. The molecule has 0 unspecified atom stereocenters. The highest BCUT2D eigenvalue weighted by molar-refractivity contribution is 14.0. The monoisotopic (exact) mass is 572 g/mol. The number of benzene rings is 1. The van der Waals surface area contributed by atoms with Crippen LogP contribution < -0.4 is 20.1 Å². The quantitative estimate of drug-likeness (QED) is 0.205. The first-order chi connectivity index (χ1) is 14.8. The van der Waals surface area contributed by atoms with Crippen LogP contribution in [0.4, 0.5) is 13.2 Å². The van der Waals surface area contributed by atoms with Crippen LogP contribution >= 0.6 is 24.0 Å². The van der Waals surface area contributed by atoms with Crippen LogP contribution in [0, 0.1) is 0 Å². The molecule has 0 aliphatic carbocycles. The Kier molecular flexibility index (Phi) is 11.9. The lowest BCUT2D eigenvalue weighted by atomic mass is 9.98. The van der Waals surface area contributed by atoms with Gasteiger partial charge in [-0.2, -0.15) is 13.2 Å². The zero-order valence-corrected chi connectivity index (χ0v) is 21.0. The molecule has 1 amide bonds. The second-order valence-corrected chi connectivity index (χ2v) is 7.20. The van der Waals surface area contributed by atoms with E-state index in [1.165, 1.54) is 0 Å². The number of nitrogens with zero attached hydrogens (tertiary/aromatic N) is 2. The minimum Gasteiger partial charge on any atom is -0.493 e. The summed E-state index contributed by atoms with van der Waals surface area (Å²) in [5, 5.41) is 5.57. The standard InChI is InChI=1S/C21H31F3N4O3.HI/c1-4-25-20(27-10-8-21(22,23)24)26-9-5-6-19(29)28-11-7-15-12-17(30-2)18(31-3)13-16(15)14-28;/h12-13H,4-11,14H2,1-3H3,(H2,25,26,27);1H. The lowest BCUT2D eigenvalue weighted by Crippen LogP contribution is -2.39. The lowest BCUT2D eigenvalue weighted by Gasteiger charge is -2.29. The molecule has 0 radical (unpaired) electrons. The molecule has 32 heavy (non-hydrogen) atoms. The number of hydrogen-bond acceptors (Lipinski definition) is 4. The molecule has 0 spiro atoms. The SMILES string of the molecule is CCNC(=NCCCC(=O)N1CCc2cc(OC)c(OC)cc2C1)NCCC(F)(F)F.I. The number of carbonyl (C=O) groups is 1. The van der Waals surface area contributed by atoms with E-state index in [9.17, 15) is 18.0 Å². The van der Waals surface area contributed by atoms with Crippen LogP contribution in [-0.2, 0) is 17.8 Å². The third-order valence-electron chi connectivity index (χ3n) is 4.93. The van der Waals surface area contributed by atoms with Crippen molar-refractivity contribution in [3.05, 3.63) is 23.3 Å². The molecule has 182 valence electrons. The van der Waals surface area contributed by atoms with Gasteiger partial charge in [0.05, 0.1) is 20.6 Å². The Hall–Kier alpha value is -1.92. The zero-order valence-electron chi connectivity index (χ0n) is 18.7. The van der Waals surface area contributed by atoms with Gasteiger partial charge in [0, 0.05) is 39.1 Å². The minimum atomic E-state index is -4.21. The molecule has 1 aliphatic heterocycles. The molecule has 2 rings (SSSR count). The Bertz CT molecular complexity index is 775. The van der Waals surface area contributed by atoms with Gasteiger partial charge >= 0.3 is 6.18 Å². The molecule has 0 saturated carbocycles. The van der Waals surface area contributed by atoms with E-state index in [0.29, 0.717) is 56.5 Å². The second kappa shape index (κ2) is 13.6. The van der Waals surface area contributed by atoms with Crippen LogP contribution in [-0.4, -0.2) is 63.3 Å². The summed E-state index contributed by atoms with van der Waals surface area (Å²) in [4.78, 5) is 18.7. The van der Waals surface area contributed by atoms with Crippen LogP contribution in [0.1, 0.15) is 37.3 Å². The summed E-state index contributed by atoms with van der Waals surface area (Å²) in [7, 11) is 3.18. The van der Waals surface area contributed by atoms with Crippen molar-refractivity contribution in [3.63, 3.8) is 0 Å². The van der Waals surface area contributed by atoms with Crippen LogP contribution in [0.15, 0.2) is 17.1 Å². The van der Waals surface area contributed by atoms with Gasteiger partial charge in [0.2, 0.25) is 5.91 Å². The van der Waals surface area contributed by atoms with Gasteiger partial charge < -0.3 is 25.0 Å². The number of fused-ring (bicyclic) bond motifs is 1. The van der Waals surface area contributed by atoms with Crippen molar-refractivity contribution >= 4 is 35.8 Å². The Morgan fingerprint density at radius 2 is 1.81 bits per heavy atom. The number of halogens is 4. The van der Waals surface area contributed by atoms with Crippen LogP contribution in [0.2, 0.25) is 0 Å². The number of hydrogen-bond donors (Lipinski definition) is 2. The first-order valence-electron chi connectivity index (χ1n) is 10.4. The van der Waals surface area contributed by atoms with Gasteiger partial charge in [-0.05, 0) is 43.0 Å². The fourth-order valence-corrected chi connectivity index (χ4v) is 3.34. The van der Waals surface area contributed by atoms with Gasteiger partial charge in [-0.3, -0.25) is 9.79 Å². The van der Waals surface area contributed by atoms with E-state index in [1.807, 2.05) is 24.0 Å². The molecule has 1 heterocycles. The summed E-state index contributed by atoms with van der Waals surface area (Å²) >= 11 is 0. The number of ether oxygens (including phenoxy) is 2. The number of carbonyl (C=O) groups excluding carboxylic acids is 1. The second-order valence-electron chi connectivity index (χ2n) is 7.20. The summed E-state index contributed by atoms with van der Waals surface area (Å²) < 4.78 is 47.5. The molecule has 1 aliphatic rings. The number of guanidine groups is 1. The molecule has 0 fully saturated rings. The summed E-state index contributed by atoms with van der Waals surface area (Å²) in [6, 6.07) is 3.87. The molecular formula is C21H32F3IN4O3. The fraction of sp³-hybridized carbons (Fsp3) is 0.619. The Balaban J connectivity index is 0.00000512. The van der Waals surface area contributed by atoms with Crippen molar-refractivity contribution in [1.82, 2.24) is 15.5 Å². The summed E-state index contributed by atoms with van der Waals surface area (Å²) in [5.74, 6) is 1.68. The summed E-state index contributed by atoms with van der Waals surface area (Å²) in [6.45, 7) is 3.63. The predicted molar refractivity (Wildman–Crippen MR) is 128 cm³/mol. The Morgan fingerprint density at radius 3 is 2.41 bits per heavy atom. The maximum Gasteiger partial charge on any atom is 0.390 e. The summed E-state index contributed by atoms with van der Waals surface area (Å²) in [6.07, 6.45) is -3.55. The molecule has 0 aromatic heterocycles.